The van der Waals surface area contributed by atoms with Gasteiger partial charge in [-0.25, -0.2) is 0 Å². The summed E-state index contributed by atoms with van der Waals surface area (Å²) in [4.78, 5) is 25.1. The highest BCUT2D eigenvalue weighted by Gasteiger charge is 2.67. The molecule has 0 spiro atoms. The number of carbonyl (C=O) groups is 2. The van der Waals surface area contributed by atoms with Gasteiger partial charge < -0.3 is 4.74 Å². The highest BCUT2D eigenvalue weighted by Crippen LogP contribution is 2.74. The zero-order valence-corrected chi connectivity index (χ0v) is 23.0. The smallest absolute Gasteiger partial charge is 0.303 e. The summed E-state index contributed by atoms with van der Waals surface area (Å²) >= 11 is 0. The number of allylic oxidation sites excluding steroid dienone is 2. The SMILES string of the molecule is CC(=O)OC1C(=O)C[C@@]2(C)C(CC[C@]3(C)[C@@H]2CC=C2[C@@H]4[C@@H](C)[C@H](C)CC[C@]4(C)CC[C@]23C)C1C. The van der Waals surface area contributed by atoms with E-state index in [1.165, 1.54) is 39.0 Å². The Morgan fingerprint density at radius 2 is 1.68 bits per heavy atom. The predicted octanol–water partition coefficient (Wildman–Crippen LogP) is 7.38. The molecule has 3 nitrogen and oxygen atoms in total. The van der Waals surface area contributed by atoms with Gasteiger partial charge in [0.25, 0.3) is 0 Å². The summed E-state index contributed by atoms with van der Waals surface area (Å²) in [6, 6.07) is 0. The lowest BCUT2D eigenvalue weighted by Gasteiger charge is -2.70. The van der Waals surface area contributed by atoms with E-state index in [1.54, 1.807) is 5.57 Å². The number of fused-ring (bicyclic) bond motifs is 7. The molecule has 3 unspecified atom stereocenters. The molecule has 0 aliphatic heterocycles. The van der Waals surface area contributed by atoms with Crippen molar-refractivity contribution in [2.75, 3.05) is 0 Å². The first-order chi connectivity index (χ1) is 15.8. The van der Waals surface area contributed by atoms with Gasteiger partial charge in [0.2, 0.25) is 0 Å². The van der Waals surface area contributed by atoms with Crippen LogP contribution >= 0.6 is 0 Å². The fraction of sp³-hybridized carbons (Fsp3) is 0.871. The standard InChI is InChI=1S/C31H48O3/c1-18-11-13-28(5)15-16-30(7)23(26(28)19(18)2)9-10-25-29(6)17-24(33)27(34-21(4)32)20(3)22(29)12-14-31(25,30)8/h9,18-20,22,25-27H,10-17H2,1-8H3/t18-,19+,20?,22?,25-,26+,27?,28-,29+,30-,31-/m1/s1. The molecule has 0 amide bonds. The van der Waals surface area contributed by atoms with Crippen LogP contribution in [0.4, 0.5) is 0 Å². The topological polar surface area (TPSA) is 43.4 Å². The molecule has 0 heterocycles. The first-order valence-electron chi connectivity index (χ1n) is 14.2. The quantitative estimate of drug-likeness (QED) is 0.298. The molecule has 0 N–H and O–H groups in total. The van der Waals surface area contributed by atoms with E-state index in [0.29, 0.717) is 29.6 Å². The largest absolute Gasteiger partial charge is 0.454 e. The van der Waals surface area contributed by atoms with Crippen molar-refractivity contribution in [2.45, 2.75) is 113 Å². The third-order valence-corrected chi connectivity index (χ3v) is 13.0. The van der Waals surface area contributed by atoms with Gasteiger partial charge in [-0.05, 0) is 96.2 Å². The molecule has 3 heteroatoms. The van der Waals surface area contributed by atoms with Gasteiger partial charge in [-0.1, -0.05) is 60.1 Å². The van der Waals surface area contributed by atoms with E-state index in [4.69, 9.17) is 4.74 Å². The van der Waals surface area contributed by atoms with Gasteiger partial charge in [0.1, 0.15) is 0 Å². The van der Waals surface area contributed by atoms with E-state index in [-0.39, 0.29) is 33.9 Å². The molecular formula is C31H48O3. The first kappa shape index (κ1) is 24.6. The lowest BCUT2D eigenvalue weighted by molar-refractivity contribution is -0.192. The molecule has 4 fully saturated rings. The minimum absolute atomic E-state index is 0.0165. The van der Waals surface area contributed by atoms with Gasteiger partial charge in [-0.2, -0.15) is 0 Å². The maximum Gasteiger partial charge on any atom is 0.303 e. The van der Waals surface area contributed by atoms with Crippen LogP contribution in [0.15, 0.2) is 11.6 Å². The van der Waals surface area contributed by atoms with Crippen LogP contribution in [-0.2, 0) is 14.3 Å². The van der Waals surface area contributed by atoms with Crippen molar-refractivity contribution in [3.05, 3.63) is 11.6 Å². The number of carbonyl (C=O) groups excluding carboxylic acids is 2. The van der Waals surface area contributed by atoms with Crippen molar-refractivity contribution in [3.63, 3.8) is 0 Å². The zero-order valence-electron chi connectivity index (χ0n) is 23.0. The van der Waals surface area contributed by atoms with E-state index >= 15 is 0 Å². The van der Waals surface area contributed by atoms with Crippen LogP contribution in [0, 0.1) is 57.2 Å². The monoisotopic (exact) mass is 468 g/mol. The normalized spacial score (nSPS) is 54.6. The van der Waals surface area contributed by atoms with Crippen LogP contribution < -0.4 is 0 Å². The molecule has 0 aromatic heterocycles. The molecule has 11 atom stereocenters. The first-order valence-corrected chi connectivity index (χ1v) is 14.2. The van der Waals surface area contributed by atoms with Gasteiger partial charge in [-0.3, -0.25) is 9.59 Å². The van der Waals surface area contributed by atoms with Gasteiger partial charge in [0, 0.05) is 19.3 Å². The van der Waals surface area contributed by atoms with Crippen molar-refractivity contribution < 1.29 is 14.3 Å². The maximum absolute atomic E-state index is 13.4. The molecular weight excluding hydrogens is 420 g/mol. The Bertz CT molecular complexity index is 920. The maximum atomic E-state index is 13.4. The summed E-state index contributed by atoms with van der Waals surface area (Å²) in [6.07, 6.45) is 11.6. The lowest BCUT2D eigenvalue weighted by Crippen LogP contribution is -2.64. The molecule has 4 saturated carbocycles. The second-order valence-electron chi connectivity index (χ2n) is 14.4. The van der Waals surface area contributed by atoms with E-state index in [2.05, 4.69) is 54.5 Å². The zero-order chi connectivity index (χ0) is 24.8. The van der Waals surface area contributed by atoms with Crippen molar-refractivity contribution >= 4 is 11.8 Å². The van der Waals surface area contributed by atoms with E-state index in [9.17, 15) is 9.59 Å². The lowest BCUT2D eigenvalue weighted by atomic mass is 9.34. The highest BCUT2D eigenvalue weighted by molar-refractivity contribution is 5.87. The number of hydrogen-bond donors (Lipinski definition) is 0. The number of esters is 1. The number of ether oxygens (including phenoxy) is 1. The number of ketones is 1. The molecule has 5 aliphatic rings. The van der Waals surface area contributed by atoms with E-state index in [1.807, 2.05) is 0 Å². The van der Waals surface area contributed by atoms with E-state index < -0.39 is 6.10 Å². The average Bonchev–Trinajstić information content (AvgIpc) is 2.75. The average molecular weight is 469 g/mol. The summed E-state index contributed by atoms with van der Waals surface area (Å²) in [6.45, 7) is 18.8. The second-order valence-corrected chi connectivity index (χ2v) is 14.4. The van der Waals surface area contributed by atoms with Gasteiger partial charge in [-0.15, -0.1) is 0 Å². The molecule has 5 rings (SSSR count). The molecule has 0 aromatic carbocycles. The Balaban J connectivity index is 1.54. The second kappa shape index (κ2) is 7.69. The number of rotatable bonds is 1. The fourth-order valence-corrected chi connectivity index (χ4v) is 10.7. The summed E-state index contributed by atoms with van der Waals surface area (Å²) in [7, 11) is 0. The fourth-order valence-electron chi connectivity index (χ4n) is 10.7. The van der Waals surface area contributed by atoms with Crippen LogP contribution in [0.25, 0.3) is 0 Å². The predicted molar refractivity (Wildman–Crippen MR) is 136 cm³/mol. The molecule has 0 saturated heterocycles. The molecule has 0 bridgehead atoms. The number of Topliss-reactive ketones (excluding diaryl/α,β-unsaturated/α-hetero) is 1. The van der Waals surface area contributed by atoms with Crippen LogP contribution in [0.1, 0.15) is 107 Å². The van der Waals surface area contributed by atoms with Gasteiger partial charge >= 0.3 is 5.97 Å². The molecule has 0 radical (unpaired) electrons. The third-order valence-electron chi connectivity index (χ3n) is 13.0. The Morgan fingerprint density at radius 3 is 2.35 bits per heavy atom. The van der Waals surface area contributed by atoms with Crippen molar-refractivity contribution in [3.8, 4) is 0 Å². The summed E-state index contributed by atoms with van der Waals surface area (Å²) in [5, 5.41) is 0. The minimum atomic E-state index is -0.551. The Labute approximate surface area is 207 Å². The van der Waals surface area contributed by atoms with Crippen LogP contribution in [0.3, 0.4) is 0 Å². The summed E-state index contributed by atoms with van der Waals surface area (Å²) < 4.78 is 5.57. The van der Waals surface area contributed by atoms with Crippen molar-refractivity contribution in [1.82, 2.24) is 0 Å². The van der Waals surface area contributed by atoms with Gasteiger partial charge in [0.15, 0.2) is 11.9 Å². The van der Waals surface area contributed by atoms with Crippen LogP contribution in [0.2, 0.25) is 0 Å². The molecule has 5 aliphatic carbocycles. The molecule has 190 valence electrons. The Hall–Kier alpha value is -1.12. The minimum Gasteiger partial charge on any atom is -0.454 e. The highest BCUT2D eigenvalue weighted by atomic mass is 16.5. The third kappa shape index (κ3) is 3.06. The summed E-state index contributed by atoms with van der Waals surface area (Å²) in [5.41, 5.74) is 2.66. The van der Waals surface area contributed by atoms with Crippen molar-refractivity contribution in [2.24, 2.45) is 57.2 Å². The Morgan fingerprint density at radius 1 is 0.971 bits per heavy atom. The molecule has 34 heavy (non-hydrogen) atoms. The van der Waals surface area contributed by atoms with Crippen molar-refractivity contribution in [1.29, 1.82) is 0 Å². The molecule has 0 aromatic rings. The number of hydrogen-bond acceptors (Lipinski definition) is 3. The van der Waals surface area contributed by atoms with Gasteiger partial charge in [0.05, 0.1) is 0 Å². The van der Waals surface area contributed by atoms with Crippen LogP contribution in [0.5, 0.6) is 0 Å². The van der Waals surface area contributed by atoms with E-state index in [0.717, 1.165) is 24.7 Å². The Kier molecular flexibility index (Phi) is 5.56. The van der Waals surface area contributed by atoms with Crippen LogP contribution in [-0.4, -0.2) is 17.9 Å². The summed E-state index contributed by atoms with van der Waals surface area (Å²) in [5.74, 6) is 3.13.